The Bertz CT molecular complexity index is 439. The van der Waals surface area contributed by atoms with E-state index in [0.29, 0.717) is 5.75 Å². The molecule has 0 aliphatic rings. The number of rotatable bonds is 6. The Balaban J connectivity index is 2.38. The average Bonchev–Trinajstić information content (AvgIpc) is 2.33. The summed E-state index contributed by atoms with van der Waals surface area (Å²) < 4.78 is 0.971. The molecule has 1 rings (SSSR count). The molecule has 0 saturated carbocycles. The van der Waals surface area contributed by atoms with E-state index in [1.54, 1.807) is 7.05 Å². The van der Waals surface area contributed by atoms with Crippen molar-refractivity contribution in [3.05, 3.63) is 28.7 Å². The van der Waals surface area contributed by atoms with E-state index in [4.69, 9.17) is 5.11 Å². The molecule has 0 fully saturated rings. The molecule has 0 aliphatic heterocycles. The summed E-state index contributed by atoms with van der Waals surface area (Å²) in [5, 5.41) is 8.53. The minimum atomic E-state index is -0.894. The molecule has 0 aliphatic carbocycles. The second-order valence-corrected chi connectivity index (χ2v) is 5.67. The number of nitrogens with zero attached hydrogens (tertiary/aromatic N) is 1. The first kappa shape index (κ1) is 15.0. The fraction of sp³-hybridized carbons (Fsp3) is 0.333. The Morgan fingerprint density at radius 3 is 2.78 bits per heavy atom. The molecule has 1 aromatic carbocycles. The minimum absolute atomic E-state index is 0.0240. The van der Waals surface area contributed by atoms with Crippen molar-refractivity contribution < 1.29 is 14.7 Å². The lowest BCUT2D eigenvalue weighted by atomic mass is 10.4. The predicted molar refractivity (Wildman–Crippen MR) is 74.8 cm³/mol. The van der Waals surface area contributed by atoms with Crippen LogP contribution in [0.1, 0.15) is 6.42 Å². The van der Waals surface area contributed by atoms with Gasteiger partial charge in [0.05, 0.1) is 12.2 Å². The summed E-state index contributed by atoms with van der Waals surface area (Å²) >= 11 is 4.80. The highest BCUT2D eigenvalue weighted by molar-refractivity contribution is 9.10. The standard InChI is InChI=1S/C12H14BrNO3S/c1-14(6-5-12(16)17)11(15)8-18-10-4-2-3-9(13)7-10/h2-4,7H,5-6,8H2,1H3,(H,16,17). The number of aliphatic carboxylic acids is 1. The molecular formula is C12H14BrNO3S. The molecule has 1 aromatic rings. The summed E-state index contributed by atoms with van der Waals surface area (Å²) in [5.41, 5.74) is 0. The number of carbonyl (C=O) groups excluding carboxylic acids is 1. The Morgan fingerprint density at radius 2 is 2.17 bits per heavy atom. The molecule has 4 nitrogen and oxygen atoms in total. The molecule has 0 bridgehead atoms. The van der Waals surface area contributed by atoms with Gasteiger partial charge in [0.15, 0.2) is 0 Å². The van der Waals surface area contributed by atoms with Gasteiger partial charge >= 0.3 is 5.97 Å². The normalized spacial score (nSPS) is 10.1. The molecule has 98 valence electrons. The Labute approximate surface area is 118 Å². The van der Waals surface area contributed by atoms with Crippen molar-refractivity contribution in [3.63, 3.8) is 0 Å². The molecule has 0 spiro atoms. The fourth-order valence-corrected chi connectivity index (χ4v) is 2.65. The lowest BCUT2D eigenvalue weighted by Crippen LogP contribution is -2.30. The van der Waals surface area contributed by atoms with Crippen molar-refractivity contribution in [1.29, 1.82) is 0 Å². The van der Waals surface area contributed by atoms with Gasteiger partial charge in [-0.2, -0.15) is 0 Å². The summed E-state index contributed by atoms with van der Waals surface area (Å²) in [6.07, 6.45) is -0.0240. The maximum absolute atomic E-state index is 11.7. The first-order valence-electron chi connectivity index (χ1n) is 5.33. The van der Waals surface area contributed by atoms with Gasteiger partial charge < -0.3 is 10.0 Å². The van der Waals surface area contributed by atoms with E-state index < -0.39 is 5.97 Å². The zero-order chi connectivity index (χ0) is 13.5. The number of amides is 1. The summed E-state index contributed by atoms with van der Waals surface area (Å²) in [4.78, 5) is 24.6. The minimum Gasteiger partial charge on any atom is -0.481 e. The topological polar surface area (TPSA) is 57.6 Å². The van der Waals surface area contributed by atoms with Gasteiger partial charge in [-0.3, -0.25) is 9.59 Å². The van der Waals surface area contributed by atoms with Crippen molar-refractivity contribution in [1.82, 2.24) is 4.90 Å². The van der Waals surface area contributed by atoms with E-state index >= 15 is 0 Å². The number of halogens is 1. The van der Waals surface area contributed by atoms with Crippen LogP contribution in [0.2, 0.25) is 0 Å². The second kappa shape index (κ2) is 7.43. The lowest BCUT2D eigenvalue weighted by Gasteiger charge is -2.15. The number of hydrogen-bond donors (Lipinski definition) is 1. The summed E-state index contributed by atoms with van der Waals surface area (Å²) in [6.45, 7) is 0.243. The first-order chi connectivity index (χ1) is 8.49. The third kappa shape index (κ3) is 5.55. The fourth-order valence-electron chi connectivity index (χ4n) is 1.20. The average molecular weight is 332 g/mol. The van der Waals surface area contributed by atoms with Crippen LogP contribution in [-0.4, -0.2) is 41.2 Å². The molecule has 0 atom stereocenters. The third-order valence-corrected chi connectivity index (χ3v) is 3.72. The number of hydrogen-bond acceptors (Lipinski definition) is 3. The molecule has 0 radical (unpaired) electrons. The zero-order valence-corrected chi connectivity index (χ0v) is 12.3. The van der Waals surface area contributed by atoms with E-state index in [9.17, 15) is 9.59 Å². The number of carboxylic acid groups (broad SMARTS) is 1. The van der Waals surface area contributed by atoms with Crippen molar-refractivity contribution in [3.8, 4) is 0 Å². The van der Waals surface area contributed by atoms with Crippen LogP contribution in [0.4, 0.5) is 0 Å². The number of thioether (sulfide) groups is 1. The van der Waals surface area contributed by atoms with Crippen LogP contribution >= 0.6 is 27.7 Å². The van der Waals surface area contributed by atoms with Gasteiger partial charge in [-0.1, -0.05) is 22.0 Å². The van der Waals surface area contributed by atoms with Gasteiger partial charge in [-0.15, -0.1) is 11.8 Å². The van der Waals surface area contributed by atoms with E-state index in [0.717, 1.165) is 9.37 Å². The molecule has 1 amide bonds. The molecule has 0 aromatic heterocycles. The molecule has 18 heavy (non-hydrogen) atoms. The Morgan fingerprint density at radius 1 is 1.44 bits per heavy atom. The van der Waals surface area contributed by atoms with Gasteiger partial charge in [-0.25, -0.2) is 0 Å². The summed E-state index contributed by atoms with van der Waals surface area (Å²) in [6, 6.07) is 7.70. The Hall–Kier alpha value is -1.01. The van der Waals surface area contributed by atoms with E-state index in [-0.39, 0.29) is 18.9 Å². The first-order valence-corrected chi connectivity index (χ1v) is 7.11. The highest BCUT2D eigenvalue weighted by atomic mass is 79.9. The molecule has 0 unspecified atom stereocenters. The summed E-state index contributed by atoms with van der Waals surface area (Å²) in [7, 11) is 1.62. The van der Waals surface area contributed by atoms with Crippen LogP contribution in [-0.2, 0) is 9.59 Å². The maximum Gasteiger partial charge on any atom is 0.305 e. The van der Waals surface area contributed by atoms with Crippen molar-refractivity contribution >= 4 is 39.6 Å². The maximum atomic E-state index is 11.7. The van der Waals surface area contributed by atoms with Crippen LogP contribution in [0.5, 0.6) is 0 Å². The third-order valence-electron chi connectivity index (χ3n) is 2.25. The lowest BCUT2D eigenvalue weighted by molar-refractivity contribution is -0.137. The van der Waals surface area contributed by atoms with Crippen LogP contribution in [0, 0.1) is 0 Å². The molecule has 0 heterocycles. The van der Waals surface area contributed by atoms with Gasteiger partial charge in [0, 0.05) is 23.0 Å². The number of carboxylic acids is 1. The highest BCUT2D eigenvalue weighted by Crippen LogP contribution is 2.21. The van der Waals surface area contributed by atoms with Gasteiger partial charge in [-0.05, 0) is 18.2 Å². The highest BCUT2D eigenvalue weighted by Gasteiger charge is 2.10. The van der Waals surface area contributed by atoms with Crippen LogP contribution < -0.4 is 0 Å². The zero-order valence-electron chi connectivity index (χ0n) is 9.93. The molecular weight excluding hydrogens is 318 g/mol. The van der Waals surface area contributed by atoms with E-state index in [1.165, 1.54) is 16.7 Å². The van der Waals surface area contributed by atoms with Crippen LogP contribution in [0.15, 0.2) is 33.6 Å². The predicted octanol–water partition coefficient (Wildman–Crippen LogP) is 2.47. The second-order valence-electron chi connectivity index (χ2n) is 3.71. The van der Waals surface area contributed by atoms with Gasteiger partial charge in [0.25, 0.3) is 0 Å². The van der Waals surface area contributed by atoms with E-state index in [2.05, 4.69) is 15.9 Å². The van der Waals surface area contributed by atoms with E-state index in [1.807, 2.05) is 24.3 Å². The van der Waals surface area contributed by atoms with Gasteiger partial charge in [0.1, 0.15) is 0 Å². The van der Waals surface area contributed by atoms with Crippen molar-refractivity contribution in [2.45, 2.75) is 11.3 Å². The van der Waals surface area contributed by atoms with Crippen molar-refractivity contribution in [2.75, 3.05) is 19.3 Å². The SMILES string of the molecule is CN(CCC(=O)O)C(=O)CSc1cccc(Br)c1. The monoisotopic (exact) mass is 331 g/mol. The molecule has 6 heteroatoms. The van der Waals surface area contributed by atoms with Crippen LogP contribution in [0.3, 0.4) is 0 Å². The smallest absolute Gasteiger partial charge is 0.305 e. The number of carbonyl (C=O) groups is 2. The molecule has 0 saturated heterocycles. The number of benzene rings is 1. The quantitative estimate of drug-likeness (QED) is 0.813. The van der Waals surface area contributed by atoms with Crippen LogP contribution in [0.25, 0.3) is 0 Å². The van der Waals surface area contributed by atoms with Crippen molar-refractivity contribution in [2.24, 2.45) is 0 Å². The Kier molecular flexibility index (Phi) is 6.21. The van der Waals surface area contributed by atoms with Gasteiger partial charge in [0.2, 0.25) is 5.91 Å². The largest absolute Gasteiger partial charge is 0.481 e. The molecule has 1 N–H and O–H groups in total. The summed E-state index contributed by atoms with van der Waals surface area (Å²) in [5.74, 6) is -0.650.